The molecule has 1 heterocycles. The number of hydrogen-bond acceptors (Lipinski definition) is 5. The van der Waals surface area contributed by atoms with Crippen LogP contribution < -0.4 is 4.74 Å². The Morgan fingerprint density at radius 1 is 1.04 bits per heavy atom. The third-order valence-electron chi connectivity index (χ3n) is 3.85. The molecule has 0 aliphatic rings. The number of hydrogen-bond donors (Lipinski definition) is 1. The van der Waals surface area contributed by atoms with Gasteiger partial charge in [0.05, 0.1) is 6.10 Å². The summed E-state index contributed by atoms with van der Waals surface area (Å²) in [6.45, 7) is 6.23. The van der Waals surface area contributed by atoms with Gasteiger partial charge < -0.3 is 9.84 Å². The summed E-state index contributed by atoms with van der Waals surface area (Å²) in [6.07, 6.45) is -0.595. The van der Waals surface area contributed by atoms with E-state index in [0.29, 0.717) is 5.75 Å². The summed E-state index contributed by atoms with van der Waals surface area (Å²) in [5, 5.41) is 19.4. The largest absolute Gasteiger partial charge is 0.491 e. The summed E-state index contributed by atoms with van der Waals surface area (Å²) in [5.74, 6) is 2.09. The third kappa shape index (κ3) is 4.65. The van der Waals surface area contributed by atoms with Crippen molar-refractivity contribution in [3.63, 3.8) is 0 Å². The van der Waals surface area contributed by atoms with Crippen LogP contribution in [0.1, 0.15) is 17.0 Å². The second kappa shape index (κ2) is 8.38. The summed E-state index contributed by atoms with van der Waals surface area (Å²) in [7, 11) is 0. The molecule has 136 valence electrons. The minimum Gasteiger partial charge on any atom is -0.491 e. The van der Waals surface area contributed by atoms with E-state index in [0.717, 1.165) is 33.5 Å². The smallest absolute Gasteiger partial charge is 0.195 e. The fourth-order valence-electron chi connectivity index (χ4n) is 2.74. The molecule has 3 aromatic rings. The number of ether oxygens (including phenoxy) is 1. The highest BCUT2D eigenvalue weighted by Gasteiger charge is 2.14. The van der Waals surface area contributed by atoms with Crippen molar-refractivity contribution in [2.45, 2.75) is 32.0 Å². The molecule has 0 fully saturated rings. The zero-order chi connectivity index (χ0) is 18.5. The zero-order valence-corrected chi connectivity index (χ0v) is 16.0. The number of rotatable bonds is 7. The molecule has 1 unspecified atom stereocenters. The van der Waals surface area contributed by atoms with Gasteiger partial charge in [-0.3, -0.25) is 4.57 Å². The van der Waals surface area contributed by atoms with Gasteiger partial charge in [0, 0.05) is 11.4 Å². The van der Waals surface area contributed by atoms with E-state index in [1.165, 1.54) is 11.8 Å². The maximum absolute atomic E-state index is 10.3. The Kier molecular flexibility index (Phi) is 5.96. The number of thioether (sulfide) groups is 1. The van der Waals surface area contributed by atoms with Gasteiger partial charge in [-0.05, 0) is 56.2 Å². The standard InChI is InChI=1S/C20H23N3O2S/c1-14-9-15(2)11-19(10-14)25-12-18(24)13-26-20-22-21-16(3)23(20)17-7-5-4-6-8-17/h4-11,18,24H,12-13H2,1-3H3. The average Bonchev–Trinajstić information content (AvgIpc) is 2.99. The zero-order valence-electron chi connectivity index (χ0n) is 15.2. The minimum atomic E-state index is -0.595. The summed E-state index contributed by atoms with van der Waals surface area (Å²) < 4.78 is 7.72. The molecule has 6 heteroatoms. The second-order valence-electron chi connectivity index (χ2n) is 6.30. The van der Waals surface area contributed by atoms with Gasteiger partial charge in [0.2, 0.25) is 0 Å². The van der Waals surface area contributed by atoms with E-state index in [9.17, 15) is 5.11 Å². The second-order valence-corrected chi connectivity index (χ2v) is 7.29. The Labute approximate surface area is 158 Å². The SMILES string of the molecule is Cc1cc(C)cc(OCC(O)CSc2nnc(C)n2-c2ccccc2)c1. The van der Waals surface area contributed by atoms with Crippen LogP contribution in [0.4, 0.5) is 0 Å². The van der Waals surface area contributed by atoms with Crippen LogP contribution >= 0.6 is 11.8 Å². The molecule has 1 N–H and O–H groups in total. The van der Waals surface area contributed by atoms with Crippen molar-refractivity contribution in [2.75, 3.05) is 12.4 Å². The predicted molar refractivity (Wildman–Crippen MR) is 104 cm³/mol. The van der Waals surface area contributed by atoms with Crippen LogP contribution in [0.5, 0.6) is 5.75 Å². The molecule has 0 saturated carbocycles. The Morgan fingerprint density at radius 2 is 1.73 bits per heavy atom. The molecular weight excluding hydrogens is 346 g/mol. The number of aryl methyl sites for hydroxylation is 3. The van der Waals surface area contributed by atoms with Gasteiger partial charge in [0.15, 0.2) is 5.16 Å². The van der Waals surface area contributed by atoms with E-state index >= 15 is 0 Å². The van der Waals surface area contributed by atoms with Crippen LogP contribution in [0.3, 0.4) is 0 Å². The molecule has 1 atom stereocenters. The predicted octanol–water partition coefficient (Wildman–Crippen LogP) is 3.72. The van der Waals surface area contributed by atoms with Gasteiger partial charge in [0.25, 0.3) is 0 Å². The van der Waals surface area contributed by atoms with Crippen LogP contribution in [0.15, 0.2) is 53.7 Å². The first-order valence-electron chi connectivity index (χ1n) is 8.52. The molecule has 0 amide bonds. The average molecular weight is 369 g/mol. The third-order valence-corrected chi connectivity index (χ3v) is 4.93. The lowest BCUT2D eigenvalue weighted by Gasteiger charge is -2.13. The minimum absolute atomic E-state index is 0.244. The normalized spacial score (nSPS) is 12.2. The lowest BCUT2D eigenvalue weighted by atomic mass is 10.1. The van der Waals surface area contributed by atoms with Crippen molar-refractivity contribution in [1.82, 2.24) is 14.8 Å². The van der Waals surface area contributed by atoms with Crippen molar-refractivity contribution in [2.24, 2.45) is 0 Å². The van der Waals surface area contributed by atoms with Crippen LogP contribution in [0, 0.1) is 20.8 Å². The Hall–Kier alpha value is -2.31. The summed E-state index contributed by atoms with van der Waals surface area (Å²) >= 11 is 1.47. The van der Waals surface area contributed by atoms with Crippen LogP contribution in [-0.4, -0.2) is 38.3 Å². The lowest BCUT2D eigenvalue weighted by Crippen LogP contribution is -2.20. The topological polar surface area (TPSA) is 60.2 Å². The van der Waals surface area contributed by atoms with E-state index in [2.05, 4.69) is 16.3 Å². The van der Waals surface area contributed by atoms with Crippen molar-refractivity contribution in [1.29, 1.82) is 0 Å². The van der Waals surface area contributed by atoms with Gasteiger partial charge in [-0.15, -0.1) is 10.2 Å². The maximum atomic E-state index is 10.3. The molecule has 0 radical (unpaired) electrons. The van der Waals surface area contributed by atoms with Crippen molar-refractivity contribution in [3.8, 4) is 11.4 Å². The van der Waals surface area contributed by atoms with E-state index in [1.54, 1.807) is 0 Å². The monoisotopic (exact) mass is 369 g/mol. The first kappa shape index (κ1) is 18.5. The van der Waals surface area contributed by atoms with Crippen LogP contribution in [0.25, 0.3) is 5.69 Å². The molecule has 3 rings (SSSR count). The van der Waals surface area contributed by atoms with E-state index in [1.807, 2.05) is 67.8 Å². The van der Waals surface area contributed by atoms with E-state index < -0.39 is 6.10 Å². The number of benzene rings is 2. The van der Waals surface area contributed by atoms with Crippen molar-refractivity contribution >= 4 is 11.8 Å². The summed E-state index contributed by atoms with van der Waals surface area (Å²) in [4.78, 5) is 0. The van der Waals surface area contributed by atoms with Crippen molar-refractivity contribution < 1.29 is 9.84 Å². The van der Waals surface area contributed by atoms with Gasteiger partial charge in [-0.2, -0.15) is 0 Å². The van der Waals surface area contributed by atoms with Gasteiger partial charge in [-0.1, -0.05) is 36.0 Å². The Morgan fingerprint density at radius 3 is 2.42 bits per heavy atom. The van der Waals surface area contributed by atoms with E-state index in [-0.39, 0.29) is 6.61 Å². The van der Waals surface area contributed by atoms with E-state index in [4.69, 9.17) is 4.74 Å². The number of aromatic nitrogens is 3. The molecule has 2 aromatic carbocycles. The molecule has 0 aliphatic heterocycles. The Balaban J connectivity index is 1.59. The molecule has 0 bridgehead atoms. The first-order valence-corrected chi connectivity index (χ1v) is 9.51. The number of aliphatic hydroxyl groups is 1. The highest BCUT2D eigenvalue weighted by atomic mass is 32.2. The van der Waals surface area contributed by atoms with Gasteiger partial charge in [0.1, 0.15) is 18.2 Å². The van der Waals surface area contributed by atoms with Gasteiger partial charge >= 0.3 is 0 Å². The maximum Gasteiger partial charge on any atom is 0.195 e. The molecule has 1 aromatic heterocycles. The fourth-order valence-corrected chi connectivity index (χ4v) is 3.64. The van der Waals surface area contributed by atoms with Crippen molar-refractivity contribution in [3.05, 3.63) is 65.5 Å². The van der Waals surface area contributed by atoms with Crippen LogP contribution in [-0.2, 0) is 0 Å². The Bertz CT molecular complexity index is 844. The highest BCUT2D eigenvalue weighted by Crippen LogP contribution is 2.23. The quantitative estimate of drug-likeness (QED) is 0.643. The first-order chi connectivity index (χ1) is 12.5. The lowest BCUT2D eigenvalue weighted by molar-refractivity contribution is 0.126. The number of aliphatic hydroxyl groups excluding tert-OH is 1. The molecule has 0 spiro atoms. The molecule has 5 nitrogen and oxygen atoms in total. The molecule has 26 heavy (non-hydrogen) atoms. The van der Waals surface area contributed by atoms with Crippen LogP contribution in [0.2, 0.25) is 0 Å². The molecule has 0 aliphatic carbocycles. The molecular formula is C20H23N3O2S. The molecule has 0 saturated heterocycles. The fraction of sp³-hybridized carbons (Fsp3) is 0.300. The summed E-state index contributed by atoms with van der Waals surface area (Å²) in [5.41, 5.74) is 3.31. The number of para-hydroxylation sites is 1. The summed E-state index contributed by atoms with van der Waals surface area (Å²) in [6, 6.07) is 16.0. The highest BCUT2D eigenvalue weighted by molar-refractivity contribution is 7.99. The number of nitrogens with zero attached hydrogens (tertiary/aromatic N) is 3. The van der Waals surface area contributed by atoms with Gasteiger partial charge in [-0.25, -0.2) is 0 Å².